The first-order valence-electron chi connectivity index (χ1n) is 7.14. The topological polar surface area (TPSA) is 92.4 Å². The van der Waals surface area contributed by atoms with Gasteiger partial charge >= 0.3 is 5.97 Å². The molecule has 0 unspecified atom stereocenters. The van der Waals surface area contributed by atoms with Gasteiger partial charge in [-0.25, -0.2) is 4.79 Å². The van der Waals surface area contributed by atoms with E-state index in [1.165, 1.54) is 24.3 Å². The number of amides is 1. The second-order valence-electron chi connectivity index (χ2n) is 4.80. The van der Waals surface area contributed by atoms with Gasteiger partial charge in [-0.15, -0.1) is 0 Å². The van der Waals surface area contributed by atoms with Gasteiger partial charge in [-0.1, -0.05) is 19.0 Å². The fourth-order valence-corrected chi connectivity index (χ4v) is 2.17. The first kappa shape index (κ1) is 15.8. The number of carbonyl (C=O) groups is 2. The fourth-order valence-electron chi connectivity index (χ4n) is 2.17. The lowest BCUT2D eigenvalue weighted by Crippen LogP contribution is -2.23. The molecule has 0 atom stereocenters. The highest BCUT2D eigenvalue weighted by Crippen LogP contribution is 2.15. The first-order valence-corrected chi connectivity index (χ1v) is 7.14. The van der Waals surface area contributed by atoms with Crippen molar-refractivity contribution in [3.05, 3.63) is 52.4 Å². The Morgan fingerprint density at radius 1 is 1.14 bits per heavy atom. The molecule has 0 radical (unpaired) electrons. The second kappa shape index (κ2) is 6.89. The largest absolute Gasteiger partial charge is 0.478 e. The molecule has 0 aliphatic heterocycles. The maximum absolute atomic E-state index is 12.1. The summed E-state index contributed by atoms with van der Waals surface area (Å²) in [5.41, 5.74) is 2.33. The predicted octanol–water partition coefficient (Wildman–Crippen LogP) is 2.43. The molecule has 1 aromatic carbocycles. The quantitative estimate of drug-likeness (QED) is 0.855. The van der Waals surface area contributed by atoms with Crippen molar-refractivity contribution in [1.29, 1.82) is 0 Å². The van der Waals surface area contributed by atoms with Crippen molar-refractivity contribution in [1.82, 2.24) is 10.5 Å². The van der Waals surface area contributed by atoms with E-state index in [2.05, 4.69) is 10.5 Å². The van der Waals surface area contributed by atoms with Gasteiger partial charge in [0.1, 0.15) is 5.76 Å². The molecule has 0 saturated carbocycles. The van der Waals surface area contributed by atoms with Crippen molar-refractivity contribution in [3.8, 4) is 0 Å². The Bertz CT molecular complexity index is 652. The van der Waals surface area contributed by atoms with Crippen LogP contribution >= 0.6 is 0 Å². The normalized spacial score (nSPS) is 10.5. The van der Waals surface area contributed by atoms with Gasteiger partial charge in [-0.05, 0) is 30.7 Å². The molecule has 1 aromatic heterocycles. The molecule has 2 rings (SSSR count). The number of hydrogen-bond donors (Lipinski definition) is 2. The Morgan fingerprint density at radius 2 is 1.77 bits per heavy atom. The van der Waals surface area contributed by atoms with Crippen molar-refractivity contribution < 1.29 is 19.2 Å². The Hall–Kier alpha value is -2.63. The minimum atomic E-state index is -1.02. The Kier molecular flexibility index (Phi) is 4.93. The number of rotatable bonds is 6. The minimum absolute atomic E-state index is 0.150. The molecule has 0 aliphatic rings. The van der Waals surface area contributed by atoms with Gasteiger partial charge in [0.2, 0.25) is 0 Å². The molecule has 2 aromatic rings. The third kappa shape index (κ3) is 3.33. The summed E-state index contributed by atoms with van der Waals surface area (Å²) in [5.74, 6) is -0.503. The van der Waals surface area contributed by atoms with Crippen LogP contribution in [0, 0.1) is 0 Å². The van der Waals surface area contributed by atoms with E-state index in [-0.39, 0.29) is 11.5 Å². The number of aryl methyl sites for hydroxylation is 2. The van der Waals surface area contributed by atoms with Crippen LogP contribution in [-0.4, -0.2) is 22.1 Å². The SMILES string of the molecule is CCc1noc(CC)c1CNC(=O)c1ccc(C(=O)O)cc1. The van der Waals surface area contributed by atoms with E-state index < -0.39 is 5.97 Å². The monoisotopic (exact) mass is 302 g/mol. The lowest BCUT2D eigenvalue weighted by atomic mass is 10.1. The van der Waals surface area contributed by atoms with Crippen LogP contribution in [0.2, 0.25) is 0 Å². The van der Waals surface area contributed by atoms with E-state index in [9.17, 15) is 9.59 Å². The number of carbonyl (C=O) groups excluding carboxylic acids is 1. The Morgan fingerprint density at radius 3 is 2.32 bits per heavy atom. The van der Waals surface area contributed by atoms with Crippen LogP contribution in [0.25, 0.3) is 0 Å². The molecular weight excluding hydrogens is 284 g/mol. The summed E-state index contributed by atoms with van der Waals surface area (Å²) in [4.78, 5) is 22.9. The van der Waals surface area contributed by atoms with E-state index in [0.717, 1.165) is 23.4 Å². The molecule has 0 aliphatic carbocycles. The lowest BCUT2D eigenvalue weighted by Gasteiger charge is -2.06. The zero-order chi connectivity index (χ0) is 16.1. The van der Waals surface area contributed by atoms with E-state index >= 15 is 0 Å². The standard InChI is InChI=1S/C16H18N2O4/c1-3-13-12(14(4-2)22-18-13)9-17-15(19)10-5-7-11(8-6-10)16(20)21/h5-8H,3-4,9H2,1-2H3,(H,17,19)(H,20,21). The van der Waals surface area contributed by atoms with Gasteiger partial charge in [-0.2, -0.15) is 0 Å². The summed E-state index contributed by atoms with van der Waals surface area (Å²) in [7, 11) is 0. The summed E-state index contributed by atoms with van der Waals surface area (Å²) in [6.45, 7) is 4.29. The molecule has 0 spiro atoms. The molecule has 1 heterocycles. The number of nitrogens with zero attached hydrogens (tertiary/aromatic N) is 1. The highest BCUT2D eigenvalue weighted by molar-refractivity contribution is 5.95. The number of hydrogen-bond acceptors (Lipinski definition) is 4. The van der Waals surface area contributed by atoms with Crippen LogP contribution in [0.5, 0.6) is 0 Å². The van der Waals surface area contributed by atoms with Crippen molar-refractivity contribution in [2.45, 2.75) is 33.2 Å². The predicted molar refractivity (Wildman–Crippen MR) is 79.8 cm³/mol. The van der Waals surface area contributed by atoms with E-state index in [0.29, 0.717) is 18.5 Å². The van der Waals surface area contributed by atoms with Crippen LogP contribution in [0.15, 0.2) is 28.8 Å². The molecule has 0 bridgehead atoms. The molecular formula is C16H18N2O4. The highest BCUT2D eigenvalue weighted by Gasteiger charge is 2.15. The average molecular weight is 302 g/mol. The molecule has 116 valence electrons. The summed E-state index contributed by atoms with van der Waals surface area (Å²) >= 11 is 0. The number of nitrogens with one attached hydrogen (secondary N) is 1. The Balaban J connectivity index is 2.06. The summed E-state index contributed by atoms with van der Waals surface area (Å²) in [6.07, 6.45) is 1.45. The minimum Gasteiger partial charge on any atom is -0.478 e. The second-order valence-corrected chi connectivity index (χ2v) is 4.80. The van der Waals surface area contributed by atoms with Crippen LogP contribution in [0.1, 0.15) is 51.6 Å². The maximum Gasteiger partial charge on any atom is 0.335 e. The molecule has 1 amide bonds. The maximum atomic E-state index is 12.1. The zero-order valence-electron chi connectivity index (χ0n) is 12.5. The Labute approximate surface area is 128 Å². The van der Waals surface area contributed by atoms with Gasteiger partial charge in [0.25, 0.3) is 5.91 Å². The number of carboxylic acid groups (broad SMARTS) is 1. The highest BCUT2D eigenvalue weighted by atomic mass is 16.5. The van der Waals surface area contributed by atoms with Crippen molar-refractivity contribution >= 4 is 11.9 Å². The van der Waals surface area contributed by atoms with Crippen LogP contribution in [-0.2, 0) is 19.4 Å². The zero-order valence-corrected chi connectivity index (χ0v) is 12.5. The molecule has 0 saturated heterocycles. The number of aromatic carboxylic acids is 1. The van der Waals surface area contributed by atoms with Crippen molar-refractivity contribution in [2.75, 3.05) is 0 Å². The summed E-state index contributed by atoms with van der Waals surface area (Å²) in [6, 6.07) is 5.80. The molecule has 22 heavy (non-hydrogen) atoms. The molecule has 0 fully saturated rings. The van der Waals surface area contributed by atoms with Gasteiger partial charge < -0.3 is 14.9 Å². The third-order valence-corrected chi connectivity index (χ3v) is 3.43. The molecule has 2 N–H and O–H groups in total. The number of carboxylic acids is 1. The van der Waals surface area contributed by atoms with E-state index in [1.54, 1.807) is 0 Å². The van der Waals surface area contributed by atoms with Crippen molar-refractivity contribution in [3.63, 3.8) is 0 Å². The average Bonchev–Trinajstić information content (AvgIpc) is 2.94. The van der Waals surface area contributed by atoms with Gasteiger partial charge in [0.05, 0.1) is 11.3 Å². The fraction of sp³-hybridized carbons (Fsp3) is 0.312. The third-order valence-electron chi connectivity index (χ3n) is 3.43. The van der Waals surface area contributed by atoms with Crippen LogP contribution in [0.4, 0.5) is 0 Å². The molecule has 6 nitrogen and oxygen atoms in total. The molecule has 6 heteroatoms. The van der Waals surface area contributed by atoms with Crippen molar-refractivity contribution in [2.24, 2.45) is 0 Å². The van der Waals surface area contributed by atoms with Gasteiger partial charge in [-0.3, -0.25) is 4.79 Å². The number of benzene rings is 1. The van der Waals surface area contributed by atoms with Gasteiger partial charge in [0, 0.05) is 24.1 Å². The number of aromatic nitrogens is 1. The van der Waals surface area contributed by atoms with E-state index in [1.807, 2.05) is 13.8 Å². The first-order chi connectivity index (χ1) is 10.6. The smallest absolute Gasteiger partial charge is 0.335 e. The van der Waals surface area contributed by atoms with Gasteiger partial charge in [0.15, 0.2) is 0 Å². The van der Waals surface area contributed by atoms with Crippen LogP contribution < -0.4 is 5.32 Å². The van der Waals surface area contributed by atoms with E-state index in [4.69, 9.17) is 9.63 Å². The van der Waals surface area contributed by atoms with Crippen LogP contribution in [0.3, 0.4) is 0 Å². The lowest BCUT2D eigenvalue weighted by molar-refractivity contribution is 0.0696. The summed E-state index contributed by atoms with van der Waals surface area (Å²) < 4.78 is 5.25. The summed E-state index contributed by atoms with van der Waals surface area (Å²) in [5, 5.41) is 15.6.